The maximum Gasteiger partial charge on any atom is 0.416 e. The topological polar surface area (TPSA) is 66.0 Å². The highest BCUT2D eigenvalue weighted by Gasteiger charge is 2.30. The minimum Gasteiger partial charge on any atom is -0.382 e. The first-order valence-electron chi connectivity index (χ1n) is 9.15. The zero-order valence-corrected chi connectivity index (χ0v) is 16.8. The number of amides is 1. The van der Waals surface area contributed by atoms with Gasteiger partial charge < -0.3 is 20.3 Å². The first-order valence-corrected chi connectivity index (χ1v) is 9.15. The standard InChI is InChI=1S/C19H29F3N4O2/c1-5-28-11-7-10-23-18(24-13-17(27)26(3)4)25-14(2)15-8-6-9-16(12-15)19(20,21)22/h6,8-9,12,14H,5,7,10-11,13H2,1-4H3,(H2,23,24,25). The zero-order chi connectivity index (χ0) is 21.2. The predicted octanol–water partition coefficient (Wildman–Crippen LogP) is 2.82. The summed E-state index contributed by atoms with van der Waals surface area (Å²) in [5, 5.41) is 6.14. The molecule has 28 heavy (non-hydrogen) atoms. The molecule has 0 saturated heterocycles. The molecule has 0 fully saturated rings. The number of hydrogen-bond acceptors (Lipinski definition) is 3. The normalized spacial score (nSPS) is 13.2. The van der Waals surface area contributed by atoms with Crippen LogP contribution in [-0.4, -0.2) is 57.2 Å². The highest BCUT2D eigenvalue weighted by molar-refractivity contribution is 5.85. The monoisotopic (exact) mass is 402 g/mol. The number of aliphatic imine (C=N–C) groups is 1. The van der Waals surface area contributed by atoms with Gasteiger partial charge in [0.05, 0.1) is 11.6 Å². The molecule has 0 spiro atoms. The number of nitrogens with zero attached hydrogens (tertiary/aromatic N) is 2. The SMILES string of the molecule is CCOCCCNC(=NCC(=O)N(C)C)NC(C)c1cccc(C(F)(F)F)c1. The van der Waals surface area contributed by atoms with Crippen LogP contribution in [0.1, 0.15) is 37.4 Å². The Morgan fingerprint density at radius 2 is 2.04 bits per heavy atom. The first kappa shape index (κ1) is 23.7. The summed E-state index contributed by atoms with van der Waals surface area (Å²) in [6, 6.07) is 4.69. The number of ether oxygens (including phenoxy) is 1. The summed E-state index contributed by atoms with van der Waals surface area (Å²) in [5.41, 5.74) is -0.234. The van der Waals surface area contributed by atoms with Crippen LogP contribution in [-0.2, 0) is 15.7 Å². The van der Waals surface area contributed by atoms with Gasteiger partial charge in [0.25, 0.3) is 0 Å². The lowest BCUT2D eigenvalue weighted by Gasteiger charge is -2.20. The van der Waals surface area contributed by atoms with E-state index < -0.39 is 17.8 Å². The number of halogens is 3. The average Bonchev–Trinajstić information content (AvgIpc) is 2.64. The molecule has 0 aliphatic heterocycles. The van der Waals surface area contributed by atoms with Gasteiger partial charge in [0, 0.05) is 33.9 Å². The van der Waals surface area contributed by atoms with Crippen molar-refractivity contribution in [3.05, 3.63) is 35.4 Å². The lowest BCUT2D eigenvalue weighted by molar-refractivity contribution is -0.137. The molecule has 158 valence electrons. The lowest BCUT2D eigenvalue weighted by atomic mass is 10.1. The molecular weight excluding hydrogens is 373 g/mol. The van der Waals surface area contributed by atoms with Gasteiger partial charge in [0.2, 0.25) is 5.91 Å². The predicted molar refractivity (Wildman–Crippen MR) is 103 cm³/mol. The Bertz CT molecular complexity index is 648. The molecule has 2 N–H and O–H groups in total. The molecule has 9 heteroatoms. The third-order valence-electron chi connectivity index (χ3n) is 3.90. The molecule has 0 aromatic heterocycles. The molecule has 0 aliphatic rings. The Morgan fingerprint density at radius 1 is 1.32 bits per heavy atom. The molecule has 0 heterocycles. The Hall–Kier alpha value is -2.29. The molecule has 1 aromatic rings. The maximum atomic E-state index is 12.9. The molecule has 0 aliphatic carbocycles. The molecule has 0 saturated carbocycles. The minimum atomic E-state index is -4.40. The fraction of sp³-hybridized carbons (Fsp3) is 0.579. The van der Waals surface area contributed by atoms with Crippen molar-refractivity contribution in [3.8, 4) is 0 Å². The Labute approximate surface area is 164 Å². The number of benzene rings is 1. The first-order chi connectivity index (χ1) is 13.1. The second kappa shape index (κ2) is 11.5. The molecule has 1 rings (SSSR count). The molecule has 0 bridgehead atoms. The van der Waals surface area contributed by atoms with Crippen LogP contribution in [0.4, 0.5) is 13.2 Å². The van der Waals surface area contributed by atoms with E-state index in [1.54, 1.807) is 27.1 Å². The van der Waals surface area contributed by atoms with E-state index in [0.717, 1.165) is 18.6 Å². The van der Waals surface area contributed by atoms with Crippen LogP contribution in [0.15, 0.2) is 29.3 Å². The maximum absolute atomic E-state index is 12.9. The fourth-order valence-electron chi connectivity index (χ4n) is 2.24. The fourth-order valence-corrected chi connectivity index (χ4v) is 2.24. The number of alkyl halides is 3. The number of guanidine groups is 1. The quantitative estimate of drug-likeness (QED) is 0.379. The summed E-state index contributed by atoms with van der Waals surface area (Å²) in [5.74, 6) is 0.179. The van der Waals surface area contributed by atoms with Gasteiger partial charge in [-0.05, 0) is 38.0 Å². The highest BCUT2D eigenvalue weighted by Crippen LogP contribution is 2.30. The van der Waals surface area contributed by atoms with Crippen LogP contribution >= 0.6 is 0 Å². The molecule has 1 amide bonds. The van der Waals surface area contributed by atoms with Gasteiger partial charge in [-0.15, -0.1) is 0 Å². The highest BCUT2D eigenvalue weighted by atomic mass is 19.4. The van der Waals surface area contributed by atoms with Crippen LogP contribution in [0.5, 0.6) is 0 Å². The number of nitrogens with one attached hydrogen (secondary N) is 2. The van der Waals surface area contributed by atoms with E-state index in [9.17, 15) is 18.0 Å². The summed E-state index contributed by atoms with van der Waals surface area (Å²) in [4.78, 5) is 17.5. The second-order valence-electron chi connectivity index (χ2n) is 6.42. The van der Waals surface area contributed by atoms with Gasteiger partial charge in [-0.3, -0.25) is 4.79 Å². The lowest BCUT2D eigenvalue weighted by Crippen LogP contribution is -2.40. The second-order valence-corrected chi connectivity index (χ2v) is 6.42. The van der Waals surface area contributed by atoms with Crippen molar-refractivity contribution in [3.63, 3.8) is 0 Å². The van der Waals surface area contributed by atoms with Gasteiger partial charge in [-0.1, -0.05) is 12.1 Å². The van der Waals surface area contributed by atoms with E-state index in [1.807, 2.05) is 6.92 Å². The van der Waals surface area contributed by atoms with Gasteiger partial charge in [-0.2, -0.15) is 13.2 Å². The van der Waals surface area contributed by atoms with Gasteiger partial charge in [-0.25, -0.2) is 4.99 Å². The van der Waals surface area contributed by atoms with Gasteiger partial charge in [0.1, 0.15) is 6.54 Å². The summed E-state index contributed by atoms with van der Waals surface area (Å²) in [7, 11) is 3.26. The van der Waals surface area contributed by atoms with Crippen LogP contribution in [0.2, 0.25) is 0 Å². The minimum absolute atomic E-state index is 0.0664. The Kier molecular flexibility index (Phi) is 9.78. The summed E-state index contributed by atoms with van der Waals surface area (Å²) in [6.45, 7) is 5.34. The summed E-state index contributed by atoms with van der Waals surface area (Å²) in [6.07, 6.45) is -3.67. The summed E-state index contributed by atoms with van der Waals surface area (Å²) < 4.78 is 44.1. The van der Waals surface area contributed by atoms with Gasteiger partial charge >= 0.3 is 6.18 Å². The van der Waals surface area contributed by atoms with Crippen molar-refractivity contribution in [2.45, 2.75) is 32.5 Å². The van der Waals surface area contributed by atoms with Gasteiger partial charge in [0.15, 0.2) is 5.96 Å². The number of rotatable bonds is 9. The molecular formula is C19H29F3N4O2. The van der Waals surface area contributed by atoms with E-state index in [-0.39, 0.29) is 12.5 Å². The zero-order valence-electron chi connectivity index (χ0n) is 16.8. The van der Waals surface area contributed by atoms with Crippen molar-refractivity contribution >= 4 is 11.9 Å². The van der Waals surface area contributed by atoms with Crippen molar-refractivity contribution in [2.75, 3.05) is 40.4 Å². The molecule has 0 radical (unpaired) electrons. The van der Waals surface area contributed by atoms with Crippen molar-refractivity contribution in [2.24, 2.45) is 4.99 Å². The molecule has 6 nitrogen and oxygen atoms in total. The number of hydrogen-bond donors (Lipinski definition) is 2. The van der Waals surface area contributed by atoms with Crippen LogP contribution in [0, 0.1) is 0 Å². The van der Waals surface area contributed by atoms with Crippen molar-refractivity contribution in [1.29, 1.82) is 0 Å². The van der Waals surface area contributed by atoms with E-state index in [0.29, 0.717) is 31.3 Å². The van der Waals surface area contributed by atoms with Crippen LogP contribution in [0.25, 0.3) is 0 Å². The third-order valence-corrected chi connectivity index (χ3v) is 3.90. The molecule has 1 aromatic carbocycles. The van der Waals surface area contributed by atoms with Crippen molar-refractivity contribution in [1.82, 2.24) is 15.5 Å². The van der Waals surface area contributed by atoms with E-state index in [1.165, 1.54) is 11.0 Å². The number of carbonyl (C=O) groups is 1. The molecule has 1 atom stereocenters. The van der Waals surface area contributed by atoms with Crippen LogP contribution < -0.4 is 10.6 Å². The smallest absolute Gasteiger partial charge is 0.382 e. The average molecular weight is 402 g/mol. The summed E-state index contributed by atoms with van der Waals surface area (Å²) >= 11 is 0. The Morgan fingerprint density at radius 3 is 2.64 bits per heavy atom. The van der Waals surface area contributed by atoms with Crippen LogP contribution in [0.3, 0.4) is 0 Å². The largest absolute Gasteiger partial charge is 0.416 e. The van der Waals surface area contributed by atoms with E-state index >= 15 is 0 Å². The number of likely N-dealkylation sites (N-methyl/N-ethyl adjacent to an activating group) is 1. The van der Waals surface area contributed by atoms with E-state index in [4.69, 9.17) is 4.74 Å². The number of carbonyl (C=O) groups excluding carboxylic acids is 1. The van der Waals surface area contributed by atoms with E-state index in [2.05, 4.69) is 15.6 Å². The van der Waals surface area contributed by atoms with Crippen molar-refractivity contribution < 1.29 is 22.7 Å². The molecule has 1 unspecified atom stereocenters. The Balaban J connectivity index is 2.82. The third kappa shape index (κ3) is 8.60.